The third-order valence-electron chi connectivity index (χ3n) is 10.0. The number of carbonyl (C=O) groups excluding carboxylic acids is 1. The SMILES string of the molecule is COC(=O)[C@@H]1C[C@H](C)C(CO[Si](c2ccccc2)(c2ccccc2)C(C)(C)C)=C[C@]1(C)CCCO[Si](C)(C)C(C)(C)C. The summed E-state index contributed by atoms with van der Waals surface area (Å²) in [4.78, 5) is 13.1. The summed E-state index contributed by atoms with van der Waals surface area (Å²) in [6, 6.07) is 21.6. The fraction of sp³-hybridized carbons (Fsp3) is 0.583. The molecule has 1 aliphatic rings. The van der Waals surface area contributed by atoms with Crippen LogP contribution in [0.15, 0.2) is 72.3 Å². The quantitative estimate of drug-likeness (QED) is 0.112. The van der Waals surface area contributed by atoms with Crippen LogP contribution in [0.3, 0.4) is 0 Å². The summed E-state index contributed by atoms with van der Waals surface area (Å²) in [5.41, 5.74) is 0.969. The predicted octanol–water partition coefficient (Wildman–Crippen LogP) is 8.13. The summed E-state index contributed by atoms with van der Waals surface area (Å²) in [5, 5.41) is 2.65. The summed E-state index contributed by atoms with van der Waals surface area (Å²) in [7, 11) is -2.98. The van der Waals surface area contributed by atoms with E-state index in [0.717, 1.165) is 25.9 Å². The van der Waals surface area contributed by atoms with Gasteiger partial charge in [-0.25, -0.2) is 0 Å². The highest BCUT2D eigenvalue weighted by Crippen LogP contribution is 2.47. The van der Waals surface area contributed by atoms with Crippen molar-refractivity contribution in [3.8, 4) is 0 Å². The molecule has 2 aromatic carbocycles. The average molecular weight is 609 g/mol. The summed E-state index contributed by atoms with van der Waals surface area (Å²) in [6.45, 7) is 24.1. The van der Waals surface area contributed by atoms with Gasteiger partial charge in [0.05, 0.1) is 19.6 Å². The van der Waals surface area contributed by atoms with E-state index < -0.39 is 16.6 Å². The second-order valence-electron chi connectivity index (χ2n) is 15.1. The molecule has 6 heteroatoms. The van der Waals surface area contributed by atoms with Gasteiger partial charge in [-0.1, -0.05) is 122 Å². The molecular formula is C36H56O4Si2. The van der Waals surface area contributed by atoms with Crippen LogP contribution < -0.4 is 10.4 Å². The van der Waals surface area contributed by atoms with Crippen molar-refractivity contribution in [1.29, 1.82) is 0 Å². The molecule has 42 heavy (non-hydrogen) atoms. The van der Waals surface area contributed by atoms with Gasteiger partial charge in [-0.15, -0.1) is 0 Å². The Morgan fingerprint density at radius 2 is 1.40 bits per heavy atom. The lowest BCUT2D eigenvalue weighted by atomic mass is 9.64. The maximum Gasteiger partial charge on any atom is 0.309 e. The number of allylic oxidation sites excluding steroid dienone is 1. The number of carbonyl (C=O) groups is 1. The van der Waals surface area contributed by atoms with Crippen molar-refractivity contribution in [2.45, 2.75) is 97.8 Å². The van der Waals surface area contributed by atoms with E-state index in [9.17, 15) is 4.79 Å². The maximum atomic E-state index is 13.1. The Kier molecular flexibility index (Phi) is 10.9. The molecule has 0 saturated heterocycles. The molecule has 4 nitrogen and oxygen atoms in total. The van der Waals surface area contributed by atoms with Crippen LogP contribution >= 0.6 is 0 Å². The third-order valence-corrected chi connectivity index (χ3v) is 19.5. The Morgan fingerprint density at radius 3 is 1.86 bits per heavy atom. The highest BCUT2D eigenvalue weighted by molar-refractivity contribution is 6.99. The molecular weight excluding hydrogens is 553 g/mol. The number of methoxy groups -OCH3 is 1. The largest absolute Gasteiger partial charge is 0.469 e. The van der Waals surface area contributed by atoms with E-state index in [1.54, 1.807) is 0 Å². The molecule has 3 rings (SSSR count). The highest BCUT2D eigenvalue weighted by Gasteiger charge is 2.51. The lowest BCUT2D eigenvalue weighted by molar-refractivity contribution is -0.150. The van der Waals surface area contributed by atoms with E-state index in [1.807, 2.05) is 0 Å². The molecule has 0 amide bonds. The van der Waals surface area contributed by atoms with Crippen molar-refractivity contribution in [2.24, 2.45) is 17.3 Å². The van der Waals surface area contributed by atoms with Gasteiger partial charge in [-0.3, -0.25) is 4.79 Å². The van der Waals surface area contributed by atoms with Gasteiger partial charge in [0.1, 0.15) is 0 Å². The van der Waals surface area contributed by atoms with Crippen molar-refractivity contribution in [2.75, 3.05) is 20.3 Å². The van der Waals surface area contributed by atoms with Crippen LogP contribution in [0.5, 0.6) is 0 Å². The fourth-order valence-electron chi connectivity index (χ4n) is 6.33. The first-order chi connectivity index (χ1) is 19.5. The Bertz CT molecular complexity index is 1150. The van der Waals surface area contributed by atoms with Crippen LogP contribution in [0.25, 0.3) is 0 Å². The van der Waals surface area contributed by atoms with Gasteiger partial charge in [-0.2, -0.15) is 0 Å². The minimum atomic E-state index is -2.67. The number of hydrogen-bond acceptors (Lipinski definition) is 4. The molecule has 0 fully saturated rings. The van der Waals surface area contributed by atoms with Gasteiger partial charge in [0, 0.05) is 6.61 Å². The van der Waals surface area contributed by atoms with Crippen molar-refractivity contribution >= 4 is 33.0 Å². The summed E-state index contributed by atoms with van der Waals surface area (Å²) in [6.07, 6.45) is 4.91. The summed E-state index contributed by atoms with van der Waals surface area (Å²) in [5.74, 6) is -0.0660. The maximum absolute atomic E-state index is 13.1. The number of hydrogen-bond donors (Lipinski definition) is 0. The first-order valence-electron chi connectivity index (χ1n) is 15.7. The number of benzene rings is 2. The average Bonchev–Trinajstić information content (AvgIpc) is 2.92. The molecule has 0 saturated carbocycles. The zero-order valence-electron chi connectivity index (χ0n) is 28.2. The Morgan fingerprint density at radius 1 is 0.881 bits per heavy atom. The van der Waals surface area contributed by atoms with E-state index in [4.69, 9.17) is 13.6 Å². The minimum absolute atomic E-state index is 0.0902. The zero-order chi connectivity index (χ0) is 31.4. The standard InChI is InChI=1S/C36H56O4Si2/c1-28-25-32(33(37)38-9)36(8,23-18-24-39-41(10,11)34(2,3)4)26-29(28)27-40-42(35(5,6)7,30-19-14-12-15-20-30)31-21-16-13-17-22-31/h12-17,19-22,26,28,32H,18,23-25,27H2,1-11H3/t28-,32-,36-/m0/s1. The zero-order valence-corrected chi connectivity index (χ0v) is 30.2. The van der Waals surface area contributed by atoms with E-state index in [2.05, 4.69) is 135 Å². The van der Waals surface area contributed by atoms with Crippen LogP contribution in [-0.2, 0) is 18.4 Å². The molecule has 2 aromatic rings. The normalized spacial score (nSPS) is 22.0. The van der Waals surface area contributed by atoms with Crippen LogP contribution in [0.1, 0.15) is 74.7 Å². The van der Waals surface area contributed by atoms with Gasteiger partial charge >= 0.3 is 5.97 Å². The predicted molar refractivity (Wildman–Crippen MR) is 181 cm³/mol. The molecule has 3 atom stereocenters. The smallest absolute Gasteiger partial charge is 0.309 e. The fourth-order valence-corrected chi connectivity index (χ4v) is 12.0. The lowest BCUT2D eigenvalue weighted by Crippen LogP contribution is -2.66. The summed E-state index contributed by atoms with van der Waals surface area (Å²) >= 11 is 0. The highest BCUT2D eigenvalue weighted by atomic mass is 28.4. The second kappa shape index (κ2) is 13.3. The van der Waals surface area contributed by atoms with E-state index in [0.29, 0.717) is 6.61 Å². The number of ether oxygens (including phenoxy) is 1. The monoisotopic (exact) mass is 608 g/mol. The lowest BCUT2D eigenvalue weighted by Gasteiger charge is -2.45. The Labute approximate surface area is 258 Å². The van der Waals surface area contributed by atoms with E-state index in [-0.39, 0.29) is 33.3 Å². The van der Waals surface area contributed by atoms with Crippen molar-refractivity contribution in [1.82, 2.24) is 0 Å². The topological polar surface area (TPSA) is 44.8 Å². The number of esters is 1. The van der Waals surface area contributed by atoms with Crippen LogP contribution in [0.2, 0.25) is 23.2 Å². The molecule has 0 heterocycles. The van der Waals surface area contributed by atoms with Crippen molar-refractivity contribution in [3.05, 3.63) is 72.3 Å². The number of rotatable bonds is 11. The first-order valence-corrected chi connectivity index (χ1v) is 20.5. The molecule has 1 aliphatic carbocycles. The molecule has 0 radical (unpaired) electrons. The van der Waals surface area contributed by atoms with Gasteiger partial charge in [-0.05, 0) is 69.7 Å². The Hall–Kier alpha value is -2.00. The first kappa shape index (κ1) is 34.5. The van der Waals surface area contributed by atoms with Crippen molar-refractivity contribution in [3.63, 3.8) is 0 Å². The minimum Gasteiger partial charge on any atom is -0.469 e. The second-order valence-corrected chi connectivity index (χ2v) is 24.2. The molecule has 232 valence electrons. The van der Waals surface area contributed by atoms with E-state index >= 15 is 0 Å². The summed E-state index contributed by atoms with van der Waals surface area (Å²) < 4.78 is 19.2. The van der Waals surface area contributed by atoms with Gasteiger partial charge < -0.3 is 13.6 Å². The molecule has 0 aromatic heterocycles. The Balaban J connectivity index is 1.95. The van der Waals surface area contributed by atoms with E-state index in [1.165, 1.54) is 23.1 Å². The molecule has 0 spiro atoms. The van der Waals surface area contributed by atoms with Gasteiger partial charge in [0.25, 0.3) is 8.32 Å². The molecule has 0 bridgehead atoms. The molecule has 0 aliphatic heterocycles. The third kappa shape index (κ3) is 7.37. The van der Waals surface area contributed by atoms with Crippen LogP contribution in [-0.4, -0.2) is 42.9 Å². The van der Waals surface area contributed by atoms with Gasteiger partial charge in [0.2, 0.25) is 0 Å². The molecule has 0 N–H and O–H groups in total. The van der Waals surface area contributed by atoms with Gasteiger partial charge in [0.15, 0.2) is 8.32 Å². The molecule has 0 unspecified atom stereocenters. The van der Waals surface area contributed by atoms with Crippen molar-refractivity contribution < 1.29 is 18.4 Å². The van der Waals surface area contributed by atoms with Crippen LogP contribution in [0.4, 0.5) is 0 Å². The van der Waals surface area contributed by atoms with Crippen LogP contribution in [0, 0.1) is 17.3 Å².